The van der Waals surface area contributed by atoms with E-state index in [-0.39, 0.29) is 0 Å². The van der Waals surface area contributed by atoms with E-state index in [1.54, 1.807) is 0 Å². The van der Waals surface area contributed by atoms with Crippen LogP contribution in [0, 0.1) is 0 Å². The number of furan rings is 1. The van der Waals surface area contributed by atoms with Crippen molar-refractivity contribution in [3.63, 3.8) is 0 Å². The Balaban J connectivity index is 0.978. The zero-order valence-corrected chi connectivity index (χ0v) is 30.6. The second-order valence-corrected chi connectivity index (χ2v) is 15.2. The summed E-state index contributed by atoms with van der Waals surface area (Å²) in [6, 6.07) is 72.2. The van der Waals surface area contributed by atoms with Gasteiger partial charge in [-0.15, -0.1) is 11.3 Å². The summed E-state index contributed by atoms with van der Waals surface area (Å²) >= 11 is 1.87. The molecule has 55 heavy (non-hydrogen) atoms. The zero-order chi connectivity index (χ0) is 36.3. The number of hydrogen-bond acceptors (Lipinski definition) is 3. The van der Waals surface area contributed by atoms with Crippen LogP contribution in [-0.4, -0.2) is 0 Å². The second-order valence-electron chi connectivity index (χ2n) is 14.1. The molecule has 0 spiro atoms. The first kappa shape index (κ1) is 31.6. The third-order valence-electron chi connectivity index (χ3n) is 10.9. The first-order valence-electron chi connectivity index (χ1n) is 18.7. The predicted molar refractivity (Wildman–Crippen MR) is 235 cm³/mol. The van der Waals surface area contributed by atoms with Crippen LogP contribution in [0.1, 0.15) is 0 Å². The van der Waals surface area contributed by atoms with Gasteiger partial charge in [0.2, 0.25) is 0 Å². The zero-order valence-electron chi connectivity index (χ0n) is 29.8. The molecule has 3 heteroatoms. The van der Waals surface area contributed by atoms with E-state index < -0.39 is 0 Å². The standard InChI is InChI=1S/C52H33NOS/c1-2-9-34(10-3-1)35-19-25-41(26-20-35)53(43-29-23-37(24-30-43)44-13-8-15-49-52(44)46-12-4-6-14-48(46)54-49)42-27-21-36(22-28-42)38-17-18-39-33-51-47(32-40(39)31-38)45-11-5-7-16-50(45)55-51/h1-33H. The van der Waals surface area contributed by atoms with Gasteiger partial charge in [-0.3, -0.25) is 0 Å². The van der Waals surface area contributed by atoms with Crippen molar-refractivity contribution >= 4 is 81.3 Å². The molecular formula is C52H33NOS. The molecule has 0 radical (unpaired) electrons. The molecular weight excluding hydrogens is 687 g/mol. The van der Waals surface area contributed by atoms with Crippen LogP contribution in [0.25, 0.3) is 86.3 Å². The van der Waals surface area contributed by atoms with Gasteiger partial charge >= 0.3 is 0 Å². The summed E-state index contributed by atoms with van der Waals surface area (Å²) in [4.78, 5) is 2.34. The van der Waals surface area contributed by atoms with Crippen LogP contribution in [0.5, 0.6) is 0 Å². The van der Waals surface area contributed by atoms with Crippen LogP contribution >= 0.6 is 11.3 Å². The summed E-state index contributed by atoms with van der Waals surface area (Å²) in [5.41, 5.74) is 12.2. The molecule has 258 valence electrons. The van der Waals surface area contributed by atoms with Crippen molar-refractivity contribution in [1.82, 2.24) is 0 Å². The van der Waals surface area contributed by atoms with Crippen LogP contribution in [0.2, 0.25) is 0 Å². The smallest absolute Gasteiger partial charge is 0.136 e. The first-order valence-corrected chi connectivity index (χ1v) is 19.5. The summed E-state index contributed by atoms with van der Waals surface area (Å²) in [5, 5.41) is 7.47. The Morgan fingerprint density at radius 1 is 0.345 bits per heavy atom. The van der Waals surface area contributed by atoms with E-state index in [0.29, 0.717) is 0 Å². The molecule has 11 aromatic rings. The van der Waals surface area contributed by atoms with E-state index in [9.17, 15) is 0 Å². The predicted octanol–water partition coefficient (Wildman–Crippen LogP) is 15.6. The van der Waals surface area contributed by atoms with Crippen molar-refractivity contribution in [3.05, 3.63) is 200 Å². The lowest BCUT2D eigenvalue weighted by Crippen LogP contribution is -2.09. The highest BCUT2D eigenvalue weighted by Gasteiger charge is 2.16. The van der Waals surface area contributed by atoms with E-state index in [1.165, 1.54) is 58.8 Å². The molecule has 0 aliphatic carbocycles. The Morgan fingerprint density at radius 3 is 1.67 bits per heavy atom. The highest BCUT2D eigenvalue weighted by atomic mass is 32.1. The maximum absolute atomic E-state index is 6.22. The Labute approximate surface area is 322 Å². The number of nitrogens with zero attached hydrogens (tertiary/aromatic N) is 1. The van der Waals surface area contributed by atoms with Gasteiger partial charge in [-0.25, -0.2) is 0 Å². The van der Waals surface area contributed by atoms with Crippen LogP contribution in [-0.2, 0) is 0 Å². The van der Waals surface area contributed by atoms with Crippen molar-refractivity contribution in [2.24, 2.45) is 0 Å². The lowest BCUT2D eigenvalue weighted by molar-refractivity contribution is 0.669. The highest BCUT2D eigenvalue weighted by Crippen LogP contribution is 2.41. The summed E-state index contributed by atoms with van der Waals surface area (Å²) < 4.78 is 8.89. The molecule has 0 unspecified atom stereocenters. The maximum Gasteiger partial charge on any atom is 0.136 e. The molecule has 0 saturated heterocycles. The Bertz CT molecular complexity index is 3170. The summed E-state index contributed by atoms with van der Waals surface area (Å²) in [5.74, 6) is 0. The Hall–Kier alpha value is -6.94. The first-order chi connectivity index (χ1) is 27.2. The molecule has 0 amide bonds. The van der Waals surface area contributed by atoms with Gasteiger partial charge in [0, 0.05) is 48.0 Å². The highest BCUT2D eigenvalue weighted by molar-refractivity contribution is 7.25. The molecule has 0 bridgehead atoms. The van der Waals surface area contributed by atoms with Crippen molar-refractivity contribution in [3.8, 4) is 33.4 Å². The van der Waals surface area contributed by atoms with Gasteiger partial charge in [-0.05, 0) is 117 Å². The largest absolute Gasteiger partial charge is 0.456 e. The van der Waals surface area contributed by atoms with Gasteiger partial charge < -0.3 is 9.32 Å². The molecule has 0 N–H and O–H groups in total. The van der Waals surface area contributed by atoms with Crippen LogP contribution in [0.15, 0.2) is 205 Å². The van der Waals surface area contributed by atoms with Gasteiger partial charge in [0.25, 0.3) is 0 Å². The normalized spacial score (nSPS) is 11.6. The van der Waals surface area contributed by atoms with Gasteiger partial charge in [0.15, 0.2) is 0 Å². The minimum Gasteiger partial charge on any atom is -0.456 e. The van der Waals surface area contributed by atoms with Gasteiger partial charge in [-0.1, -0.05) is 127 Å². The fourth-order valence-electron chi connectivity index (χ4n) is 8.14. The molecule has 0 aliphatic rings. The lowest BCUT2D eigenvalue weighted by atomic mass is 9.98. The van der Waals surface area contributed by atoms with Crippen LogP contribution in [0.4, 0.5) is 17.1 Å². The van der Waals surface area contributed by atoms with E-state index in [0.717, 1.165) is 44.6 Å². The second kappa shape index (κ2) is 12.9. The van der Waals surface area contributed by atoms with Gasteiger partial charge in [0.05, 0.1) is 0 Å². The van der Waals surface area contributed by atoms with Crippen LogP contribution in [0.3, 0.4) is 0 Å². The number of hydrogen-bond donors (Lipinski definition) is 0. The number of benzene rings is 9. The number of fused-ring (bicyclic) bond motifs is 7. The quantitative estimate of drug-likeness (QED) is 0.170. The fourth-order valence-corrected chi connectivity index (χ4v) is 9.27. The van der Waals surface area contributed by atoms with Crippen molar-refractivity contribution in [1.29, 1.82) is 0 Å². The van der Waals surface area contributed by atoms with E-state index in [4.69, 9.17) is 4.42 Å². The molecule has 0 aliphatic heterocycles. The molecule has 2 heterocycles. The number of anilines is 3. The summed E-state index contributed by atoms with van der Waals surface area (Å²) in [6.07, 6.45) is 0. The van der Waals surface area contributed by atoms with Crippen molar-refractivity contribution in [2.75, 3.05) is 4.90 Å². The minimum absolute atomic E-state index is 0.905. The fraction of sp³-hybridized carbons (Fsp3) is 0. The maximum atomic E-state index is 6.22. The van der Waals surface area contributed by atoms with Crippen molar-refractivity contribution < 1.29 is 4.42 Å². The molecule has 0 saturated carbocycles. The van der Waals surface area contributed by atoms with E-state index >= 15 is 0 Å². The molecule has 9 aromatic carbocycles. The SMILES string of the molecule is c1ccc(-c2ccc(N(c3ccc(-c4ccc5cc6sc7ccccc7c6cc5c4)cc3)c3ccc(-c4cccc5oc6ccccc6c45)cc3)cc2)cc1. The third kappa shape index (κ3) is 5.48. The molecule has 2 nitrogen and oxygen atoms in total. The summed E-state index contributed by atoms with van der Waals surface area (Å²) in [7, 11) is 0. The molecule has 11 rings (SSSR count). The van der Waals surface area contributed by atoms with Gasteiger partial charge in [-0.2, -0.15) is 0 Å². The monoisotopic (exact) mass is 719 g/mol. The average molecular weight is 720 g/mol. The van der Waals surface area contributed by atoms with Gasteiger partial charge in [0.1, 0.15) is 11.2 Å². The Kier molecular flexibility index (Phi) is 7.39. The van der Waals surface area contributed by atoms with E-state index in [2.05, 4.69) is 193 Å². The number of para-hydroxylation sites is 1. The third-order valence-corrected chi connectivity index (χ3v) is 12.0. The lowest BCUT2D eigenvalue weighted by Gasteiger charge is -2.26. The number of thiophene rings is 1. The van der Waals surface area contributed by atoms with Crippen LogP contribution < -0.4 is 4.90 Å². The molecule has 0 fully saturated rings. The Morgan fingerprint density at radius 2 is 0.927 bits per heavy atom. The molecule has 0 atom stereocenters. The minimum atomic E-state index is 0.905. The topological polar surface area (TPSA) is 16.4 Å². The average Bonchev–Trinajstić information content (AvgIpc) is 3.82. The van der Waals surface area contributed by atoms with E-state index in [1.807, 2.05) is 23.5 Å². The van der Waals surface area contributed by atoms with Crippen molar-refractivity contribution in [2.45, 2.75) is 0 Å². The number of rotatable bonds is 6. The summed E-state index contributed by atoms with van der Waals surface area (Å²) in [6.45, 7) is 0. The molecule has 2 aromatic heterocycles.